The van der Waals surface area contributed by atoms with Gasteiger partial charge in [-0.2, -0.15) is 0 Å². The first-order chi connectivity index (χ1) is 7.03. The van der Waals surface area contributed by atoms with Gasteiger partial charge in [0, 0.05) is 13.2 Å². The summed E-state index contributed by atoms with van der Waals surface area (Å²) in [6.45, 7) is 6.15. The fourth-order valence-electron chi connectivity index (χ4n) is 1.36. The van der Waals surface area contributed by atoms with Crippen LogP contribution in [0.5, 0.6) is 0 Å². The molecular formula is C11H18INO2. The summed E-state index contributed by atoms with van der Waals surface area (Å²) in [5, 5.41) is 12.2. The number of rotatable bonds is 6. The van der Waals surface area contributed by atoms with Crippen LogP contribution in [-0.2, 0) is 6.54 Å². The molecule has 0 fully saturated rings. The molecule has 0 radical (unpaired) electrons. The molecule has 1 heterocycles. The Morgan fingerprint density at radius 1 is 1.47 bits per heavy atom. The van der Waals surface area contributed by atoms with Gasteiger partial charge in [-0.1, -0.05) is 13.8 Å². The first kappa shape index (κ1) is 13.0. The van der Waals surface area contributed by atoms with Gasteiger partial charge in [-0.3, -0.25) is 0 Å². The Morgan fingerprint density at radius 3 is 2.73 bits per heavy atom. The molecule has 0 amide bonds. The third-order valence-electron chi connectivity index (χ3n) is 2.32. The number of nitrogens with one attached hydrogen (secondary N) is 1. The summed E-state index contributed by atoms with van der Waals surface area (Å²) in [5.41, 5.74) is 0.133. The van der Waals surface area contributed by atoms with E-state index in [9.17, 15) is 0 Å². The molecule has 0 saturated heterocycles. The van der Waals surface area contributed by atoms with Crippen LogP contribution in [0, 0.1) is 9.18 Å². The van der Waals surface area contributed by atoms with E-state index in [-0.39, 0.29) is 12.0 Å². The molecule has 0 bridgehead atoms. The van der Waals surface area contributed by atoms with Crippen LogP contribution in [0.15, 0.2) is 16.5 Å². The second-order valence-corrected chi connectivity index (χ2v) is 5.51. The Bertz CT molecular complexity index is 297. The van der Waals surface area contributed by atoms with Crippen LogP contribution in [0.4, 0.5) is 0 Å². The minimum absolute atomic E-state index is 0.133. The van der Waals surface area contributed by atoms with Crippen LogP contribution in [0.3, 0.4) is 0 Å². The Labute approximate surface area is 104 Å². The van der Waals surface area contributed by atoms with E-state index in [1.807, 2.05) is 12.1 Å². The molecule has 3 nitrogen and oxygen atoms in total. The molecule has 15 heavy (non-hydrogen) atoms. The third-order valence-corrected chi connectivity index (χ3v) is 2.90. The molecule has 0 aliphatic rings. The van der Waals surface area contributed by atoms with Crippen LogP contribution >= 0.6 is 22.6 Å². The zero-order valence-electron chi connectivity index (χ0n) is 9.22. The highest BCUT2D eigenvalue weighted by molar-refractivity contribution is 14.1. The monoisotopic (exact) mass is 323 g/mol. The number of hydrogen-bond acceptors (Lipinski definition) is 3. The van der Waals surface area contributed by atoms with Crippen LogP contribution in [0.25, 0.3) is 0 Å². The van der Waals surface area contributed by atoms with E-state index in [4.69, 9.17) is 9.52 Å². The maximum atomic E-state index is 8.87. The van der Waals surface area contributed by atoms with Crippen molar-refractivity contribution in [3.05, 3.63) is 21.7 Å². The lowest BCUT2D eigenvalue weighted by Crippen LogP contribution is -2.29. The number of hydrogen-bond donors (Lipinski definition) is 2. The van der Waals surface area contributed by atoms with Gasteiger partial charge in [0.05, 0.1) is 6.54 Å². The van der Waals surface area contributed by atoms with Crippen molar-refractivity contribution in [1.29, 1.82) is 0 Å². The summed E-state index contributed by atoms with van der Waals surface area (Å²) in [6, 6.07) is 3.93. The molecule has 0 unspecified atom stereocenters. The van der Waals surface area contributed by atoms with Gasteiger partial charge in [-0.05, 0) is 46.6 Å². The predicted octanol–water partition coefficient (Wildman–Crippen LogP) is 2.38. The number of furan rings is 1. The zero-order chi connectivity index (χ0) is 11.3. The molecule has 86 valence electrons. The second kappa shape index (κ2) is 5.86. The van der Waals surface area contributed by atoms with E-state index in [0.29, 0.717) is 0 Å². The smallest absolute Gasteiger partial charge is 0.164 e. The highest BCUT2D eigenvalue weighted by Gasteiger charge is 2.16. The molecule has 0 saturated carbocycles. The van der Waals surface area contributed by atoms with Crippen molar-refractivity contribution in [2.75, 3.05) is 13.2 Å². The van der Waals surface area contributed by atoms with Crippen molar-refractivity contribution in [3.63, 3.8) is 0 Å². The fraction of sp³-hybridized carbons (Fsp3) is 0.636. The first-order valence-electron chi connectivity index (χ1n) is 5.09. The first-order valence-corrected chi connectivity index (χ1v) is 6.17. The van der Waals surface area contributed by atoms with Gasteiger partial charge in [0.25, 0.3) is 0 Å². The van der Waals surface area contributed by atoms with Gasteiger partial charge in [0.15, 0.2) is 3.77 Å². The quantitative estimate of drug-likeness (QED) is 0.790. The SMILES string of the molecule is CC(C)(CCO)CNCc1ccc(I)o1. The Kier molecular flexibility index (Phi) is 5.08. The minimum Gasteiger partial charge on any atom is -0.454 e. The summed E-state index contributed by atoms with van der Waals surface area (Å²) in [4.78, 5) is 0. The molecule has 1 aromatic rings. The second-order valence-electron chi connectivity index (χ2n) is 4.45. The molecule has 2 N–H and O–H groups in total. The largest absolute Gasteiger partial charge is 0.454 e. The summed E-state index contributed by atoms with van der Waals surface area (Å²) < 4.78 is 6.35. The topological polar surface area (TPSA) is 45.4 Å². The minimum atomic E-state index is 0.133. The molecular weight excluding hydrogens is 305 g/mol. The van der Waals surface area contributed by atoms with Crippen molar-refractivity contribution in [2.45, 2.75) is 26.8 Å². The van der Waals surface area contributed by atoms with E-state index in [2.05, 4.69) is 41.8 Å². The molecule has 4 heteroatoms. The average molecular weight is 323 g/mol. The van der Waals surface area contributed by atoms with Crippen molar-refractivity contribution >= 4 is 22.6 Å². The normalized spacial score (nSPS) is 12.0. The van der Waals surface area contributed by atoms with Gasteiger partial charge >= 0.3 is 0 Å². The number of aliphatic hydroxyl groups excluding tert-OH is 1. The highest BCUT2D eigenvalue weighted by atomic mass is 127. The van der Waals surface area contributed by atoms with E-state index >= 15 is 0 Å². The Morgan fingerprint density at radius 2 is 2.20 bits per heavy atom. The zero-order valence-corrected chi connectivity index (χ0v) is 11.4. The van der Waals surface area contributed by atoms with Crippen molar-refractivity contribution in [1.82, 2.24) is 5.32 Å². The van der Waals surface area contributed by atoms with Crippen LogP contribution in [-0.4, -0.2) is 18.3 Å². The third kappa shape index (κ3) is 4.99. The molecule has 0 aliphatic heterocycles. The lowest BCUT2D eigenvalue weighted by atomic mass is 9.90. The summed E-state index contributed by atoms with van der Waals surface area (Å²) in [5.74, 6) is 0.958. The lowest BCUT2D eigenvalue weighted by Gasteiger charge is -2.23. The summed E-state index contributed by atoms with van der Waals surface area (Å²) in [6.07, 6.45) is 0.815. The molecule has 0 atom stereocenters. The van der Waals surface area contributed by atoms with Crippen molar-refractivity contribution in [3.8, 4) is 0 Å². The van der Waals surface area contributed by atoms with Crippen LogP contribution in [0.2, 0.25) is 0 Å². The highest BCUT2D eigenvalue weighted by Crippen LogP contribution is 2.18. The maximum Gasteiger partial charge on any atom is 0.164 e. The molecule has 1 rings (SSSR count). The maximum absolute atomic E-state index is 8.87. The summed E-state index contributed by atoms with van der Waals surface area (Å²) in [7, 11) is 0. The van der Waals surface area contributed by atoms with E-state index < -0.39 is 0 Å². The van der Waals surface area contributed by atoms with Gasteiger partial charge in [-0.25, -0.2) is 0 Å². The van der Waals surface area contributed by atoms with E-state index in [1.54, 1.807) is 0 Å². The van der Waals surface area contributed by atoms with Crippen molar-refractivity contribution < 1.29 is 9.52 Å². The summed E-state index contributed by atoms with van der Waals surface area (Å²) >= 11 is 2.15. The molecule has 0 spiro atoms. The van der Waals surface area contributed by atoms with Crippen LogP contribution in [0.1, 0.15) is 26.0 Å². The lowest BCUT2D eigenvalue weighted by molar-refractivity contribution is 0.206. The molecule has 0 aromatic carbocycles. The van der Waals surface area contributed by atoms with Gasteiger partial charge in [-0.15, -0.1) is 0 Å². The average Bonchev–Trinajstić information content (AvgIpc) is 2.51. The van der Waals surface area contributed by atoms with Gasteiger partial charge < -0.3 is 14.8 Å². The number of aliphatic hydroxyl groups is 1. The van der Waals surface area contributed by atoms with Crippen molar-refractivity contribution in [2.24, 2.45) is 5.41 Å². The fourth-order valence-corrected chi connectivity index (χ4v) is 1.82. The Balaban J connectivity index is 2.27. The van der Waals surface area contributed by atoms with E-state index in [0.717, 1.165) is 29.0 Å². The Hall–Kier alpha value is -0.0700. The molecule has 1 aromatic heterocycles. The van der Waals surface area contributed by atoms with E-state index in [1.165, 1.54) is 0 Å². The van der Waals surface area contributed by atoms with Crippen LogP contribution < -0.4 is 5.32 Å². The predicted molar refractivity (Wildman–Crippen MR) is 68.6 cm³/mol. The number of halogens is 1. The van der Waals surface area contributed by atoms with Gasteiger partial charge in [0.1, 0.15) is 5.76 Å². The molecule has 0 aliphatic carbocycles. The standard InChI is InChI=1S/C11H18INO2/c1-11(2,5-6-14)8-13-7-9-3-4-10(12)15-9/h3-4,13-14H,5-8H2,1-2H3. The van der Waals surface area contributed by atoms with Gasteiger partial charge in [0.2, 0.25) is 0 Å².